The minimum absolute atomic E-state index is 0.00836. The molecule has 0 saturated heterocycles. The predicted octanol–water partition coefficient (Wildman–Crippen LogP) is -3.00. The van der Waals surface area contributed by atoms with E-state index >= 15 is 0 Å². The quantitative estimate of drug-likeness (QED) is 0.0201. The van der Waals surface area contributed by atoms with Crippen LogP contribution in [0.15, 0.2) is 35.3 Å². The third-order valence-electron chi connectivity index (χ3n) is 10.2. The number of primary amides is 2. The van der Waals surface area contributed by atoms with Crippen molar-refractivity contribution in [3.63, 3.8) is 0 Å². The van der Waals surface area contributed by atoms with Gasteiger partial charge in [-0.15, -0.1) is 0 Å². The number of carboxylic acid groups (broad SMARTS) is 1. The molecule has 8 atom stereocenters. The lowest BCUT2D eigenvalue weighted by atomic mass is 9.98. The topological polar surface area (TPSA) is 418 Å². The van der Waals surface area contributed by atoms with Crippen molar-refractivity contribution >= 4 is 65.1 Å². The molecule has 0 heterocycles. The summed E-state index contributed by atoms with van der Waals surface area (Å²) in [4.78, 5) is 134. The number of hydrogen-bond acceptors (Lipinski definition) is 12. The number of benzene rings is 1. The number of aliphatic carboxylic acids is 1. The SMILES string of the molecule is CC(C)C[C@H](NC(=O)[C@H](C)NC(=O)[C@H](CC(N)=O)NC(=O)[C@H](CCC(N)=O)NC(=O)[C@@H](N)Cc1ccccc1)C(=O)N[C@@H](CC(C)C)C(=O)N[C@H](C(=O)N[C@@H](CCCN=C(N)N)C(=O)O)C(C)C. The molecule has 0 aromatic heterocycles. The van der Waals surface area contributed by atoms with Crippen LogP contribution in [-0.2, 0) is 54.4 Å². The summed E-state index contributed by atoms with van der Waals surface area (Å²) < 4.78 is 0. The van der Waals surface area contributed by atoms with E-state index in [4.69, 9.17) is 28.7 Å². The molecule has 0 spiro atoms. The summed E-state index contributed by atoms with van der Waals surface area (Å²) in [6.07, 6.45) is -0.879. The molecule has 380 valence electrons. The number of rotatable bonds is 31. The largest absolute Gasteiger partial charge is 0.480 e. The zero-order valence-electron chi connectivity index (χ0n) is 40.0. The average molecular weight is 960 g/mol. The van der Waals surface area contributed by atoms with Crippen molar-refractivity contribution in [1.29, 1.82) is 0 Å². The fourth-order valence-electron chi connectivity index (χ4n) is 6.64. The molecule has 0 aliphatic heterocycles. The monoisotopic (exact) mass is 960 g/mol. The lowest BCUT2D eigenvalue weighted by Gasteiger charge is -2.29. The lowest BCUT2D eigenvalue weighted by molar-refractivity contribution is -0.143. The first kappa shape index (κ1) is 59.2. The maximum absolute atomic E-state index is 13.9. The summed E-state index contributed by atoms with van der Waals surface area (Å²) in [7, 11) is 0. The van der Waals surface area contributed by atoms with Gasteiger partial charge in [0.25, 0.3) is 0 Å². The number of carbonyl (C=O) groups is 10. The Kier molecular flexibility index (Phi) is 25.9. The van der Waals surface area contributed by atoms with Crippen molar-refractivity contribution in [1.82, 2.24) is 37.2 Å². The Morgan fingerprint density at radius 2 is 1.04 bits per heavy atom. The van der Waals surface area contributed by atoms with Crippen molar-refractivity contribution in [3.05, 3.63) is 35.9 Å². The van der Waals surface area contributed by atoms with Crippen LogP contribution in [0.2, 0.25) is 0 Å². The maximum Gasteiger partial charge on any atom is 0.326 e. The van der Waals surface area contributed by atoms with E-state index in [2.05, 4.69) is 42.2 Å². The molecule has 1 aromatic rings. The second kappa shape index (κ2) is 29.7. The zero-order valence-corrected chi connectivity index (χ0v) is 40.0. The highest BCUT2D eigenvalue weighted by molar-refractivity contribution is 5.98. The number of hydrogen-bond donors (Lipinski definition) is 13. The minimum Gasteiger partial charge on any atom is -0.480 e. The molecule has 1 aromatic carbocycles. The molecule has 68 heavy (non-hydrogen) atoms. The Labute approximate surface area is 396 Å². The molecule has 24 nitrogen and oxygen atoms in total. The van der Waals surface area contributed by atoms with Crippen molar-refractivity contribution in [2.75, 3.05) is 6.54 Å². The second-order valence-electron chi connectivity index (χ2n) is 17.8. The Hall–Kier alpha value is -6.85. The second-order valence-corrected chi connectivity index (χ2v) is 17.8. The van der Waals surface area contributed by atoms with Crippen LogP contribution in [0.3, 0.4) is 0 Å². The van der Waals surface area contributed by atoms with Gasteiger partial charge in [-0.05, 0) is 68.8 Å². The molecule has 0 fully saturated rings. The van der Waals surface area contributed by atoms with Gasteiger partial charge in [-0.25, -0.2) is 4.79 Å². The lowest BCUT2D eigenvalue weighted by Crippen LogP contribution is -2.60. The highest BCUT2D eigenvalue weighted by Crippen LogP contribution is 2.12. The molecule has 0 radical (unpaired) electrons. The van der Waals surface area contributed by atoms with Crippen LogP contribution in [0.4, 0.5) is 0 Å². The molecule has 0 aliphatic carbocycles. The standard InChI is InChI=1S/C44H73N13O11/c1-22(2)18-30(40(64)55-31(19-23(3)4)41(65)57-35(24(5)6)42(66)53-29(43(67)68)14-11-17-50-44(48)49)54-36(60)25(7)51-39(63)32(21-34(47)59)56-38(62)28(15-16-33(46)58)52-37(61)27(45)20-26-12-9-8-10-13-26/h8-10,12-13,22-25,27-32,35H,11,14-21,45H2,1-7H3,(H2,46,58)(H2,47,59)(H,51,63)(H,52,61)(H,53,66)(H,54,60)(H,55,64)(H,56,62)(H,57,65)(H,67,68)(H4,48,49,50)/t25-,27-,28-,29-,30-,31-,32-,35-/m0/s1. The van der Waals surface area contributed by atoms with Crippen LogP contribution in [0.1, 0.15) is 99.0 Å². The maximum atomic E-state index is 13.9. The van der Waals surface area contributed by atoms with Gasteiger partial charge in [-0.3, -0.25) is 48.1 Å². The van der Waals surface area contributed by atoms with E-state index in [-0.39, 0.29) is 69.3 Å². The number of amides is 9. The van der Waals surface area contributed by atoms with Gasteiger partial charge in [0.05, 0.1) is 12.5 Å². The molecule has 0 unspecified atom stereocenters. The Bertz CT molecular complexity index is 1930. The van der Waals surface area contributed by atoms with Gasteiger partial charge in [0, 0.05) is 13.0 Å². The number of guanidine groups is 1. The summed E-state index contributed by atoms with van der Waals surface area (Å²) in [6, 6.07) is -1.81. The van der Waals surface area contributed by atoms with Gasteiger partial charge in [-0.2, -0.15) is 0 Å². The van der Waals surface area contributed by atoms with Crippen LogP contribution in [0.25, 0.3) is 0 Å². The van der Waals surface area contributed by atoms with Gasteiger partial charge >= 0.3 is 5.97 Å². The van der Waals surface area contributed by atoms with E-state index in [0.29, 0.717) is 0 Å². The summed E-state index contributed by atoms with van der Waals surface area (Å²) in [5.41, 5.74) is 28.2. The van der Waals surface area contributed by atoms with E-state index in [9.17, 15) is 53.1 Å². The number of nitrogens with zero attached hydrogens (tertiary/aromatic N) is 1. The van der Waals surface area contributed by atoms with E-state index < -0.39 is 120 Å². The van der Waals surface area contributed by atoms with Crippen LogP contribution in [-0.4, -0.2) is 125 Å². The number of carbonyl (C=O) groups excluding carboxylic acids is 9. The third kappa shape index (κ3) is 23.1. The van der Waals surface area contributed by atoms with Crippen molar-refractivity contribution < 1.29 is 53.1 Å². The first-order valence-corrected chi connectivity index (χ1v) is 22.5. The smallest absolute Gasteiger partial charge is 0.326 e. The third-order valence-corrected chi connectivity index (χ3v) is 10.2. The predicted molar refractivity (Wildman–Crippen MR) is 251 cm³/mol. The fourth-order valence-corrected chi connectivity index (χ4v) is 6.64. The zero-order chi connectivity index (χ0) is 51.8. The van der Waals surface area contributed by atoms with E-state index in [1.165, 1.54) is 6.92 Å². The number of nitrogens with two attached hydrogens (primary N) is 5. The molecule has 0 saturated carbocycles. The summed E-state index contributed by atoms with van der Waals surface area (Å²) in [5.74, 6) is -10.1. The molecule has 9 amide bonds. The molecule has 0 aliphatic rings. The molecule has 24 heteroatoms. The van der Waals surface area contributed by atoms with Crippen LogP contribution < -0.4 is 65.9 Å². The van der Waals surface area contributed by atoms with Crippen molar-refractivity contribution in [2.24, 2.45) is 51.4 Å². The first-order valence-electron chi connectivity index (χ1n) is 22.5. The molecule has 0 bridgehead atoms. The van der Waals surface area contributed by atoms with Gasteiger partial charge < -0.3 is 71.0 Å². The molecular weight excluding hydrogens is 887 g/mol. The first-order chi connectivity index (χ1) is 31.7. The van der Waals surface area contributed by atoms with Gasteiger partial charge in [0.15, 0.2) is 5.96 Å². The summed E-state index contributed by atoms with van der Waals surface area (Å²) >= 11 is 0. The van der Waals surface area contributed by atoms with Gasteiger partial charge in [0.1, 0.15) is 42.3 Å². The average Bonchev–Trinajstić information content (AvgIpc) is 3.23. The highest BCUT2D eigenvalue weighted by Gasteiger charge is 2.35. The van der Waals surface area contributed by atoms with E-state index in [1.54, 1.807) is 71.9 Å². The molecule has 1 rings (SSSR count). The van der Waals surface area contributed by atoms with Crippen molar-refractivity contribution in [3.8, 4) is 0 Å². The molecular formula is C44H73N13O11. The van der Waals surface area contributed by atoms with Crippen LogP contribution in [0.5, 0.6) is 0 Å². The normalized spacial score (nSPS) is 14.6. The van der Waals surface area contributed by atoms with E-state index in [0.717, 1.165) is 5.56 Å². The Morgan fingerprint density at radius 3 is 1.54 bits per heavy atom. The van der Waals surface area contributed by atoms with Crippen LogP contribution in [0, 0.1) is 17.8 Å². The van der Waals surface area contributed by atoms with Gasteiger partial charge in [-0.1, -0.05) is 71.9 Å². The highest BCUT2D eigenvalue weighted by atomic mass is 16.4. The minimum atomic E-state index is -1.67. The number of aliphatic imine (C=N–C) groups is 1. The van der Waals surface area contributed by atoms with Crippen LogP contribution >= 0.6 is 0 Å². The fraction of sp³-hybridized carbons (Fsp3) is 0.614. The van der Waals surface area contributed by atoms with E-state index in [1.807, 2.05) is 0 Å². The Balaban J connectivity index is 3.20. The molecule has 18 N–H and O–H groups in total. The summed E-state index contributed by atoms with van der Waals surface area (Å²) in [5, 5.41) is 27.3. The summed E-state index contributed by atoms with van der Waals surface area (Å²) in [6.45, 7) is 11.8. The Morgan fingerprint density at radius 1 is 0.559 bits per heavy atom. The number of nitrogens with one attached hydrogen (secondary N) is 7. The number of carboxylic acids is 1. The van der Waals surface area contributed by atoms with Gasteiger partial charge in [0.2, 0.25) is 53.2 Å². The van der Waals surface area contributed by atoms with Crippen molar-refractivity contribution in [2.45, 2.75) is 148 Å².